The van der Waals surface area contributed by atoms with Crippen LogP contribution in [0.4, 0.5) is 13.2 Å². The zero-order valence-electron chi connectivity index (χ0n) is 18.3. The van der Waals surface area contributed by atoms with E-state index in [-0.39, 0.29) is 34.6 Å². The van der Waals surface area contributed by atoms with Gasteiger partial charge in [-0.15, -0.1) is 0 Å². The molecule has 0 amide bonds. The molecule has 0 radical (unpaired) electrons. The number of carbonyl (C=O) groups excluding carboxylic acids is 1. The van der Waals surface area contributed by atoms with Crippen molar-refractivity contribution in [3.8, 4) is 17.2 Å². The average Bonchev–Trinajstić information content (AvgIpc) is 2.85. The molecule has 11 heteroatoms. The van der Waals surface area contributed by atoms with Crippen LogP contribution in [0, 0.1) is 0 Å². The predicted molar refractivity (Wildman–Crippen MR) is 126 cm³/mol. The number of ether oxygens (including phenoxy) is 3. The number of carbonyl (C=O) groups is 1. The fourth-order valence-corrected chi connectivity index (χ4v) is 3.54. The summed E-state index contributed by atoms with van der Waals surface area (Å²) in [7, 11) is 1.19. The lowest BCUT2D eigenvalue weighted by Gasteiger charge is -2.14. The van der Waals surface area contributed by atoms with Gasteiger partial charge in [0, 0.05) is 6.07 Å². The Hall–Kier alpha value is -3.69. The van der Waals surface area contributed by atoms with Crippen molar-refractivity contribution in [2.24, 2.45) is 0 Å². The van der Waals surface area contributed by atoms with E-state index in [0.717, 1.165) is 0 Å². The first kappa shape index (κ1) is 25.4. The molecule has 0 fully saturated rings. The monoisotopic (exact) mass is 538 g/mol. The van der Waals surface area contributed by atoms with E-state index in [1.807, 2.05) is 0 Å². The Kier molecular flexibility index (Phi) is 7.14. The maximum Gasteiger partial charge on any atom is 0.453 e. The Morgan fingerprint density at radius 2 is 1.64 bits per heavy atom. The Balaban J connectivity index is 1.67. The number of halogens is 5. The van der Waals surface area contributed by atoms with Crippen molar-refractivity contribution < 1.29 is 36.6 Å². The third-order valence-electron chi connectivity index (χ3n) is 4.96. The van der Waals surface area contributed by atoms with E-state index >= 15 is 0 Å². The summed E-state index contributed by atoms with van der Waals surface area (Å²) in [5, 5.41) is 0.542. The molecule has 0 spiro atoms. The highest BCUT2D eigenvalue weighted by molar-refractivity contribution is 6.42. The van der Waals surface area contributed by atoms with Crippen molar-refractivity contribution >= 4 is 40.1 Å². The van der Waals surface area contributed by atoms with Crippen LogP contribution in [0.25, 0.3) is 11.0 Å². The summed E-state index contributed by atoms with van der Waals surface area (Å²) in [6, 6.07) is 13.8. The molecule has 0 saturated heterocycles. The van der Waals surface area contributed by atoms with E-state index in [1.54, 1.807) is 18.2 Å². The topological polar surface area (TPSA) is 75.0 Å². The summed E-state index contributed by atoms with van der Waals surface area (Å²) in [5.74, 6) is -3.23. The van der Waals surface area contributed by atoms with Gasteiger partial charge < -0.3 is 18.6 Å². The first-order valence-electron chi connectivity index (χ1n) is 10.2. The molecule has 0 aliphatic carbocycles. The summed E-state index contributed by atoms with van der Waals surface area (Å²) < 4.78 is 61.9. The minimum Gasteiger partial charge on any atom is -0.489 e. The zero-order chi connectivity index (χ0) is 26.0. The molecular formula is C25H15Cl2F3O6. The summed E-state index contributed by atoms with van der Waals surface area (Å²) in [4.78, 5) is 24.5. The SMILES string of the molecule is COC(=O)c1ccc(Oc2c(C(F)(F)F)oc3cc(OCc4ccc(Cl)c(Cl)c4)ccc3c2=O)cc1. The minimum atomic E-state index is -5.04. The van der Waals surface area contributed by atoms with Gasteiger partial charge in [-0.2, -0.15) is 13.2 Å². The highest BCUT2D eigenvalue weighted by Gasteiger charge is 2.40. The molecular weight excluding hydrogens is 524 g/mol. The van der Waals surface area contributed by atoms with Crippen LogP contribution in [-0.2, 0) is 17.5 Å². The van der Waals surface area contributed by atoms with Gasteiger partial charge in [0.2, 0.25) is 11.2 Å². The van der Waals surface area contributed by atoms with Gasteiger partial charge in [-0.1, -0.05) is 29.3 Å². The molecule has 0 bridgehead atoms. The molecule has 1 aromatic heterocycles. The summed E-state index contributed by atoms with van der Waals surface area (Å²) in [5.41, 5.74) is -0.548. The van der Waals surface area contributed by atoms with E-state index in [2.05, 4.69) is 4.74 Å². The third-order valence-corrected chi connectivity index (χ3v) is 5.70. The van der Waals surface area contributed by atoms with Gasteiger partial charge in [-0.05, 0) is 54.1 Å². The third kappa shape index (κ3) is 5.42. The van der Waals surface area contributed by atoms with Crippen molar-refractivity contribution in [2.45, 2.75) is 12.8 Å². The van der Waals surface area contributed by atoms with Crippen LogP contribution in [0.1, 0.15) is 21.7 Å². The van der Waals surface area contributed by atoms with Gasteiger partial charge in [0.1, 0.15) is 23.7 Å². The van der Waals surface area contributed by atoms with Crippen molar-refractivity contribution in [3.05, 3.63) is 97.8 Å². The molecule has 1 heterocycles. The second kappa shape index (κ2) is 10.1. The Labute approximate surface area is 211 Å². The number of hydrogen-bond acceptors (Lipinski definition) is 6. The predicted octanol–water partition coefficient (Wildman–Crippen LogP) is 7.28. The first-order chi connectivity index (χ1) is 17.1. The Morgan fingerprint density at radius 1 is 0.944 bits per heavy atom. The molecule has 0 N–H and O–H groups in total. The number of rotatable bonds is 6. The maximum absolute atomic E-state index is 13.8. The Morgan fingerprint density at radius 3 is 2.28 bits per heavy atom. The lowest BCUT2D eigenvalue weighted by Crippen LogP contribution is -2.15. The van der Waals surface area contributed by atoms with Gasteiger partial charge >= 0.3 is 12.1 Å². The van der Waals surface area contributed by atoms with E-state index in [1.165, 1.54) is 49.6 Å². The van der Waals surface area contributed by atoms with E-state index < -0.39 is 29.1 Å². The number of esters is 1. The van der Waals surface area contributed by atoms with E-state index in [4.69, 9.17) is 37.1 Å². The molecule has 4 aromatic rings. The van der Waals surface area contributed by atoms with Crippen LogP contribution in [-0.4, -0.2) is 13.1 Å². The minimum absolute atomic E-state index is 0.0432. The molecule has 0 unspecified atom stereocenters. The summed E-state index contributed by atoms with van der Waals surface area (Å²) in [6.07, 6.45) is -5.04. The average molecular weight is 539 g/mol. The van der Waals surface area contributed by atoms with Crippen LogP contribution >= 0.6 is 23.2 Å². The van der Waals surface area contributed by atoms with Gasteiger partial charge in [0.15, 0.2) is 0 Å². The standard InChI is InChI=1S/C25H15Cl2F3O6/c1-33-24(32)14-3-5-15(6-4-14)35-22-21(31)17-8-7-16(11-20(17)36-23(22)25(28,29)30)34-12-13-2-9-18(26)19(27)10-13/h2-11H,12H2,1H3. The molecule has 36 heavy (non-hydrogen) atoms. The normalized spacial score (nSPS) is 11.4. The molecule has 6 nitrogen and oxygen atoms in total. The molecule has 0 aliphatic rings. The Bertz CT molecular complexity index is 1500. The molecule has 0 saturated carbocycles. The fourth-order valence-electron chi connectivity index (χ4n) is 3.22. The second-order valence-electron chi connectivity index (χ2n) is 7.40. The number of methoxy groups -OCH3 is 1. The first-order valence-corrected chi connectivity index (χ1v) is 10.9. The highest BCUT2D eigenvalue weighted by Crippen LogP contribution is 2.38. The van der Waals surface area contributed by atoms with Crippen molar-refractivity contribution in [2.75, 3.05) is 7.11 Å². The van der Waals surface area contributed by atoms with Crippen molar-refractivity contribution in [3.63, 3.8) is 0 Å². The van der Waals surface area contributed by atoms with Crippen LogP contribution in [0.15, 0.2) is 69.9 Å². The molecule has 0 aliphatic heterocycles. The smallest absolute Gasteiger partial charge is 0.453 e. The number of fused-ring (bicyclic) bond motifs is 1. The quantitative estimate of drug-likeness (QED) is 0.240. The van der Waals surface area contributed by atoms with Gasteiger partial charge in [-0.25, -0.2) is 4.79 Å². The van der Waals surface area contributed by atoms with Gasteiger partial charge in [0.25, 0.3) is 5.76 Å². The van der Waals surface area contributed by atoms with Crippen molar-refractivity contribution in [1.29, 1.82) is 0 Å². The number of benzene rings is 3. The van der Waals surface area contributed by atoms with E-state index in [0.29, 0.717) is 15.6 Å². The van der Waals surface area contributed by atoms with Crippen molar-refractivity contribution in [1.82, 2.24) is 0 Å². The van der Waals surface area contributed by atoms with E-state index in [9.17, 15) is 22.8 Å². The lowest BCUT2D eigenvalue weighted by molar-refractivity contribution is -0.154. The highest BCUT2D eigenvalue weighted by atomic mass is 35.5. The van der Waals surface area contributed by atoms with Gasteiger partial charge in [-0.3, -0.25) is 4.79 Å². The molecule has 4 rings (SSSR count). The summed E-state index contributed by atoms with van der Waals surface area (Å²) >= 11 is 11.9. The zero-order valence-corrected chi connectivity index (χ0v) is 19.8. The number of hydrogen-bond donors (Lipinski definition) is 0. The van der Waals surface area contributed by atoms with Crippen LogP contribution in [0.2, 0.25) is 10.0 Å². The molecule has 3 aromatic carbocycles. The molecule has 0 atom stereocenters. The van der Waals surface area contributed by atoms with Crippen LogP contribution in [0.5, 0.6) is 17.2 Å². The number of alkyl halides is 3. The fraction of sp³-hybridized carbons (Fsp3) is 0.120. The molecule has 186 valence electrons. The lowest BCUT2D eigenvalue weighted by atomic mass is 10.2. The second-order valence-corrected chi connectivity index (χ2v) is 8.21. The maximum atomic E-state index is 13.8. The summed E-state index contributed by atoms with van der Waals surface area (Å²) in [6.45, 7) is 0.0432. The van der Waals surface area contributed by atoms with Crippen LogP contribution in [0.3, 0.4) is 0 Å². The largest absolute Gasteiger partial charge is 0.489 e. The van der Waals surface area contributed by atoms with Gasteiger partial charge in [0.05, 0.1) is 28.1 Å². The van der Waals surface area contributed by atoms with Crippen LogP contribution < -0.4 is 14.9 Å².